The van der Waals surface area contributed by atoms with Gasteiger partial charge in [0, 0.05) is 23.5 Å². The van der Waals surface area contributed by atoms with E-state index in [0.29, 0.717) is 0 Å². The van der Waals surface area contributed by atoms with E-state index in [1.165, 1.54) is 9.75 Å². The van der Waals surface area contributed by atoms with Crippen LogP contribution in [0.4, 0.5) is 0 Å². The molecule has 1 aromatic heterocycles. The fourth-order valence-corrected chi connectivity index (χ4v) is 1.94. The summed E-state index contributed by atoms with van der Waals surface area (Å²) >= 11 is 1.88. The largest absolute Gasteiger partial charge is 0.385 e. The van der Waals surface area contributed by atoms with Crippen LogP contribution >= 0.6 is 11.3 Å². The van der Waals surface area contributed by atoms with E-state index in [1.54, 1.807) is 7.11 Å². The molecule has 0 aromatic carbocycles. The Morgan fingerprint density at radius 1 is 1.45 bits per heavy atom. The van der Waals surface area contributed by atoms with E-state index >= 15 is 0 Å². The topological polar surface area (TPSA) is 9.23 Å². The van der Waals surface area contributed by atoms with Crippen LogP contribution in [0.25, 0.3) is 0 Å². The lowest BCUT2D eigenvalue weighted by Crippen LogP contribution is -1.89. The lowest BCUT2D eigenvalue weighted by atomic mass is 10.3. The van der Waals surface area contributed by atoms with Crippen molar-refractivity contribution in [3.8, 4) is 0 Å². The van der Waals surface area contributed by atoms with Crippen LogP contribution in [0.2, 0.25) is 0 Å². The second-order valence-corrected chi connectivity index (χ2v) is 3.98. The summed E-state index contributed by atoms with van der Waals surface area (Å²) in [5.41, 5.74) is 0. The van der Waals surface area contributed by atoms with E-state index in [2.05, 4.69) is 19.1 Å². The van der Waals surface area contributed by atoms with Crippen LogP contribution in [0.1, 0.15) is 16.2 Å². The molecule has 0 aliphatic carbocycles. The van der Waals surface area contributed by atoms with Crippen molar-refractivity contribution >= 4 is 11.3 Å². The second kappa shape index (κ2) is 4.52. The van der Waals surface area contributed by atoms with Crippen LogP contribution < -0.4 is 0 Å². The Morgan fingerprint density at radius 3 is 2.82 bits per heavy atom. The molecule has 0 unspecified atom stereocenters. The Kier molecular flexibility index (Phi) is 3.60. The third-order valence-electron chi connectivity index (χ3n) is 1.57. The monoisotopic (exact) mass is 170 g/mol. The molecule has 1 aromatic rings. The quantitative estimate of drug-likeness (QED) is 0.631. The lowest BCUT2D eigenvalue weighted by molar-refractivity contribution is 0.195. The third kappa shape index (κ3) is 3.04. The highest BCUT2D eigenvalue weighted by Gasteiger charge is 1.95. The molecule has 11 heavy (non-hydrogen) atoms. The molecular weight excluding hydrogens is 156 g/mol. The van der Waals surface area contributed by atoms with Crippen LogP contribution in [-0.2, 0) is 11.2 Å². The molecule has 0 atom stereocenters. The number of hydrogen-bond acceptors (Lipinski definition) is 2. The highest BCUT2D eigenvalue weighted by Crippen LogP contribution is 2.16. The maximum absolute atomic E-state index is 4.97. The van der Waals surface area contributed by atoms with Gasteiger partial charge in [-0.2, -0.15) is 0 Å². The molecule has 0 aliphatic rings. The summed E-state index contributed by atoms with van der Waals surface area (Å²) in [7, 11) is 1.75. The number of methoxy groups -OCH3 is 1. The Labute approximate surface area is 72.0 Å². The molecule has 0 bridgehead atoms. The maximum Gasteiger partial charge on any atom is 0.0465 e. The van der Waals surface area contributed by atoms with Crippen molar-refractivity contribution in [2.75, 3.05) is 13.7 Å². The first-order valence-corrected chi connectivity index (χ1v) is 4.69. The second-order valence-electron chi connectivity index (χ2n) is 2.61. The molecule has 62 valence electrons. The summed E-state index contributed by atoms with van der Waals surface area (Å²) < 4.78 is 4.97. The molecule has 0 radical (unpaired) electrons. The van der Waals surface area contributed by atoms with E-state index in [-0.39, 0.29) is 0 Å². The molecule has 1 heterocycles. The van der Waals surface area contributed by atoms with Gasteiger partial charge in [-0.1, -0.05) is 0 Å². The summed E-state index contributed by atoms with van der Waals surface area (Å²) in [6.45, 7) is 3.02. The van der Waals surface area contributed by atoms with Crippen LogP contribution in [-0.4, -0.2) is 13.7 Å². The first-order valence-electron chi connectivity index (χ1n) is 3.87. The number of ether oxygens (including phenoxy) is 1. The van der Waals surface area contributed by atoms with E-state index in [0.717, 1.165) is 19.4 Å². The van der Waals surface area contributed by atoms with Gasteiger partial charge in [0.2, 0.25) is 0 Å². The SMILES string of the molecule is COCCCc1ccc(C)s1. The van der Waals surface area contributed by atoms with Gasteiger partial charge >= 0.3 is 0 Å². The van der Waals surface area contributed by atoms with Crippen LogP contribution in [0, 0.1) is 6.92 Å². The first-order chi connectivity index (χ1) is 5.33. The number of aryl methyl sites for hydroxylation is 2. The molecule has 0 saturated carbocycles. The van der Waals surface area contributed by atoms with Crippen LogP contribution in [0.5, 0.6) is 0 Å². The van der Waals surface area contributed by atoms with Crippen molar-refractivity contribution in [3.63, 3.8) is 0 Å². The summed E-state index contributed by atoms with van der Waals surface area (Å²) in [5, 5.41) is 0. The van der Waals surface area contributed by atoms with Crippen molar-refractivity contribution in [3.05, 3.63) is 21.9 Å². The minimum Gasteiger partial charge on any atom is -0.385 e. The molecule has 1 nitrogen and oxygen atoms in total. The average molecular weight is 170 g/mol. The summed E-state index contributed by atoms with van der Waals surface area (Å²) in [6.07, 6.45) is 2.29. The summed E-state index contributed by atoms with van der Waals surface area (Å²) in [5.74, 6) is 0. The predicted octanol–water partition coefficient (Wildman–Crippen LogP) is 2.64. The fourth-order valence-electron chi connectivity index (χ4n) is 1.01. The van der Waals surface area contributed by atoms with Gasteiger partial charge in [0.15, 0.2) is 0 Å². The number of rotatable bonds is 4. The fraction of sp³-hybridized carbons (Fsp3) is 0.556. The van der Waals surface area contributed by atoms with Crippen molar-refractivity contribution in [1.29, 1.82) is 0 Å². The Morgan fingerprint density at radius 2 is 2.27 bits per heavy atom. The molecule has 0 N–H and O–H groups in total. The Bertz CT molecular complexity index is 205. The minimum atomic E-state index is 0.872. The maximum atomic E-state index is 4.97. The number of thiophene rings is 1. The Hall–Kier alpha value is -0.340. The summed E-state index contributed by atoms with van der Waals surface area (Å²) in [6, 6.07) is 4.38. The van der Waals surface area contributed by atoms with Crippen molar-refractivity contribution < 1.29 is 4.74 Å². The van der Waals surface area contributed by atoms with Gasteiger partial charge in [-0.05, 0) is 31.9 Å². The van der Waals surface area contributed by atoms with E-state index in [9.17, 15) is 0 Å². The van der Waals surface area contributed by atoms with Gasteiger partial charge in [-0.3, -0.25) is 0 Å². The van der Waals surface area contributed by atoms with Gasteiger partial charge in [0.25, 0.3) is 0 Å². The average Bonchev–Trinajstić information content (AvgIpc) is 2.37. The van der Waals surface area contributed by atoms with Gasteiger partial charge in [0.05, 0.1) is 0 Å². The third-order valence-corrected chi connectivity index (χ3v) is 2.63. The van der Waals surface area contributed by atoms with Gasteiger partial charge in [-0.15, -0.1) is 11.3 Å². The highest BCUT2D eigenvalue weighted by atomic mass is 32.1. The van der Waals surface area contributed by atoms with Crippen LogP contribution in [0.15, 0.2) is 12.1 Å². The molecule has 1 rings (SSSR count). The smallest absolute Gasteiger partial charge is 0.0465 e. The molecular formula is C9H14OS. The molecule has 0 amide bonds. The standard InChI is InChI=1S/C9H14OS/c1-8-5-6-9(11-8)4-3-7-10-2/h5-6H,3-4,7H2,1-2H3. The molecule has 0 spiro atoms. The number of hydrogen-bond donors (Lipinski definition) is 0. The van der Waals surface area contributed by atoms with Gasteiger partial charge < -0.3 is 4.74 Å². The van der Waals surface area contributed by atoms with Crippen LogP contribution in [0.3, 0.4) is 0 Å². The predicted molar refractivity (Wildman–Crippen MR) is 49.3 cm³/mol. The van der Waals surface area contributed by atoms with E-state index < -0.39 is 0 Å². The van der Waals surface area contributed by atoms with Gasteiger partial charge in [0.1, 0.15) is 0 Å². The normalized spacial score (nSPS) is 10.4. The van der Waals surface area contributed by atoms with Crippen molar-refractivity contribution in [2.45, 2.75) is 19.8 Å². The molecule has 0 saturated heterocycles. The Balaban J connectivity index is 2.27. The molecule has 2 heteroatoms. The van der Waals surface area contributed by atoms with Gasteiger partial charge in [-0.25, -0.2) is 0 Å². The summed E-state index contributed by atoms with van der Waals surface area (Å²) in [4.78, 5) is 2.87. The molecule has 0 fully saturated rings. The lowest BCUT2D eigenvalue weighted by Gasteiger charge is -1.95. The van der Waals surface area contributed by atoms with E-state index in [4.69, 9.17) is 4.74 Å². The zero-order valence-corrected chi connectivity index (χ0v) is 7.91. The zero-order chi connectivity index (χ0) is 8.10. The first kappa shape index (κ1) is 8.75. The van der Waals surface area contributed by atoms with Crippen molar-refractivity contribution in [1.82, 2.24) is 0 Å². The zero-order valence-electron chi connectivity index (χ0n) is 7.09. The minimum absolute atomic E-state index is 0.872. The van der Waals surface area contributed by atoms with Crippen molar-refractivity contribution in [2.24, 2.45) is 0 Å². The highest BCUT2D eigenvalue weighted by molar-refractivity contribution is 7.11. The molecule has 0 aliphatic heterocycles. The van der Waals surface area contributed by atoms with E-state index in [1.807, 2.05) is 11.3 Å².